The van der Waals surface area contributed by atoms with Crippen LogP contribution in [0.15, 0.2) is 53.4 Å². The molecule has 1 aliphatic rings. The fraction of sp³-hybridized carbons (Fsp3) is 0.467. The van der Waals surface area contributed by atoms with Gasteiger partial charge in [0.25, 0.3) is 0 Å². The summed E-state index contributed by atoms with van der Waals surface area (Å²) in [6.07, 6.45) is -5.23. The van der Waals surface area contributed by atoms with Gasteiger partial charge in [-0.2, -0.15) is 17.5 Å². The number of hydrogen-bond donors (Lipinski definition) is 1. The van der Waals surface area contributed by atoms with E-state index in [9.17, 15) is 40.8 Å². The first-order chi connectivity index (χ1) is 20.6. The van der Waals surface area contributed by atoms with E-state index in [-0.39, 0.29) is 57.6 Å². The fourth-order valence-corrected chi connectivity index (χ4v) is 6.22. The molecule has 2 aromatic rings. The lowest BCUT2D eigenvalue weighted by Gasteiger charge is -2.39. The number of rotatable bonds is 12. The Hall–Kier alpha value is -3.78. The summed E-state index contributed by atoms with van der Waals surface area (Å²) in [6.45, 7) is 3.42. The number of Topliss-reactive ketones (excluding diaryl/α,β-unsaturated/α-hetero) is 1. The zero-order valence-electron chi connectivity index (χ0n) is 24.7. The molecule has 0 aliphatic carbocycles. The van der Waals surface area contributed by atoms with Crippen molar-refractivity contribution in [1.82, 2.24) is 14.5 Å². The second kappa shape index (κ2) is 14.8. The average molecular weight is 640 g/mol. The van der Waals surface area contributed by atoms with Crippen LogP contribution in [0.3, 0.4) is 0 Å². The van der Waals surface area contributed by atoms with E-state index in [0.717, 1.165) is 27.6 Å². The third-order valence-corrected chi connectivity index (χ3v) is 9.26. The Kier molecular flexibility index (Phi) is 11.7. The molecule has 2 aromatic carbocycles. The van der Waals surface area contributed by atoms with E-state index in [0.29, 0.717) is 18.1 Å². The number of benzene rings is 2. The van der Waals surface area contributed by atoms with Crippen LogP contribution in [0.25, 0.3) is 0 Å². The molecule has 0 bridgehead atoms. The first kappa shape index (κ1) is 34.7. The highest BCUT2D eigenvalue weighted by Gasteiger charge is 2.41. The van der Waals surface area contributed by atoms with Crippen LogP contribution in [0.4, 0.5) is 13.2 Å². The fourth-order valence-electron chi connectivity index (χ4n) is 4.65. The zero-order chi connectivity index (χ0) is 32.7. The van der Waals surface area contributed by atoms with Gasteiger partial charge in [-0.15, -0.1) is 0 Å². The van der Waals surface area contributed by atoms with Crippen LogP contribution in [-0.4, -0.2) is 74.0 Å². The lowest BCUT2D eigenvalue weighted by atomic mass is 10.0. The second-order valence-corrected chi connectivity index (χ2v) is 12.6. The second-order valence-electron chi connectivity index (χ2n) is 10.7. The quantitative estimate of drug-likeness (QED) is 0.351. The van der Waals surface area contributed by atoms with Gasteiger partial charge in [0.05, 0.1) is 24.0 Å². The molecule has 1 aliphatic heterocycles. The number of methoxy groups -OCH3 is 1. The summed E-state index contributed by atoms with van der Waals surface area (Å²) >= 11 is 0. The maximum atomic E-state index is 13.6. The van der Waals surface area contributed by atoms with E-state index < -0.39 is 50.5 Å². The predicted molar refractivity (Wildman–Crippen MR) is 154 cm³/mol. The van der Waals surface area contributed by atoms with Crippen molar-refractivity contribution in [3.8, 4) is 0 Å². The Morgan fingerprint density at radius 2 is 1.55 bits per heavy atom. The van der Waals surface area contributed by atoms with E-state index in [1.807, 2.05) is 38.1 Å². The molecule has 1 atom stereocenters. The number of carbonyl (C=O) groups excluding carboxylic acids is 4. The molecule has 14 heteroatoms. The Balaban J connectivity index is 1.78. The summed E-state index contributed by atoms with van der Waals surface area (Å²) < 4.78 is 71.7. The Morgan fingerprint density at radius 3 is 2.11 bits per heavy atom. The lowest BCUT2D eigenvalue weighted by Crippen LogP contribution is -2.61. The van der Waals surface area contributed by atoms with Crippen molar-refractivity contribution in [2.45, 2.75) is 69.1 Å². The molecule has 10 nitrogen and oxygen atoms in total. The Morgan fingerprint density at radius 1 is 0.932 bits per heavy atom. The number of ketones is 1. The summed E-state index contributed by atoms with van der Waals surface area (Å²) in [5.74, 6) is -1.76. The van der Waals surface area contributed by atoms with Crippen LogP contribution in [0.1, 0.15) is 62.1 Å². The van der Waals surface area contributed by atoms with Gasteiger partial charge in [0, 0.05) is 45.4 Å². The van der Waals surface area contributed by atoms with Crippen molar-refractivity contribution in [2.24, 2.45) is 0 Å². The lowest BCUT2D eigenvalue weighted by molar-refractivity contribution is -0.142. The van der Waals surface area contributed by atoms with Crippen LogP contribution in [0.5, 0.6) is 0 Å². The molecule has 1 saturated heterocycles. The number of halogens is 3. The first-order valence-electron chi connectivity index (χ1n) is 14.1. The maximum Gasteiger partial charge on any atom is 0.416 e. The summed E-state index contributed by atoms with van der Waals surface area (Å²) in [4.78, 5) is 50.7. The average Bonchev–Trinajstić information content (AvgIpc) is 3.00. The molecule has 1 heterocycles. The summed E-state index contributed by atoms with van der Waals surface area (Å²) in [5.41, 5.74) is 0.832. The normalized spacial score (nSPS) is 16.1. The van der Waals surface area contributed by atoms with Crippen LogP contribution in [0.2, 0.25) is 0 Å². The third-order valence-electron chi connectivity index (χ3n) is 7.34. The van der Waals surface area contributed by atoms with Crippen LogP contribution < -0.4 is 5.32 Å². The zero-order valence-corrected chi connectivity index (χ0v) is 25.5. The molecule has 1 N–H and O–H groups in total. The largest absolute Gasteiger partial charge is 0.469 e. The van der Waals surface area contributed by atoms with E-state index in [1.54, 1.807) is 0 Å². The molecular formula is C30H36F3N3O7S. The molecule has 3 rings (SSSR count). The number of piperazine rings is 1. The van der Waals surface area contributed by atoms with E-state index in [4.69, 9.17) is 0 Å². The molecule has 2 amide bonds. The van der Waals surface area contributed by atoms with Gasteiger partial charge < -0.3 is 15.0 Å². The molecule has 0 spiro atoms. The van der Waals surface area contributed by atoms with Gasteiger partial charge >= 0.3 is 12.1 Å². The number of esters is 1. The van der Waals surface area contributed by atoms with Gasteiger partial charge in [0.1, 0.15) is 11.8 Å². The Labute approximate surface area is 254 Å². The van der Waals surface area contributed by atoms with Crippen LogP contribution >= 0.6 is 0 Å². The minimum atomic E-state index is -4.66. The molecule has 0 aromatic heterocycles. The molecule has 0 unspecified atom stereocenters. The van der Waals surface area contributed by atoms with Crippen LogP contribution in [-0.2, 0) is 46.7 Å². The standard InChI is InChI=1S/C30H36F3N3O7S/c1-20(2)22-6-4-21(5-7-22)18-34-29(40)26-19-35(27(38)14-10-24(37)11-15-28(39)43-3)16-17-36(26)44(41,42)25-12-8-23(9-13-25)30(31,32)33/h4-9,12-13,20,26H,10-11,14-19H2,1-3H3,(H,34,40)/t26-/m1/s1. The van der Waals surface area contributed by atoms with Gasteiger partial charge in [-0.3, -0.25) is 19.2 Å². The van der Waals surface area contributed by atoms with Gasteiger partial charge in [-0.05, 0) is 41.3 Å². The predicted octanol–water partition coefficient (Wildman–Crippen LogP) is 3.65. The van der Waals surface area contributed by atoms with Gasteiger partial charge in [-0.25, -0.2) is 8.42 Å². The molecule has 240 valence electrons. The SMILES string of the molecule is COC(=O)CCC(=O)CCC(=O)N1CCN(S(=O)(=O)c2ccc(C(F)(F)F)cc2)[C@@H](C(=O)NCc2ccc(C(C)C)cc2)C1. The highest BCUT2D eigenvalue weighted by atomic mass is 32.2. The van der Waals surface area contributed by atoms with Crippen molar-refractivity contribution in [2.75, 3.05) is 26.7 Å². The van der Waals surface area contributed by atoms with Crippen molar-refractivity contribution in [1.29, 1.82) is 0 Å². The number of nitrogens with zero attached hydrogens (tertiary/aromatic N) is 2. The molecule has 0 radical (unpaired) electrons. The number of sulfonamides is 1. The minimum absolute atomic E-state index is 0.0739. The number of ether oxygens (including phenoxy) is 1. The molecule has 44 heavy (non-hydrogen) atoms. The minimum Gasteiger partial charge on any atom is -0.469 e. The number of carbonyl (C=O) groups is 4. The molecular weight excluding hydrogens is 603 g/mol. The van der Waals surface area contributed by atoms with Crippen molar-refractivity contribution >= 4 is 33.6 Å². The van der Waals surface area contributed by atoms with Crippen molar-refractivity contribution in [3.05, 3.63) is 65.2 Å². The van der Waals surface area contributed by atoms with E-state index in [1.165, 1.54) is 12.0 Å². The topological polar surface area (TPSA) is 130 Å². The summed E-state index contributed by atoms with van der Waals surface area (Å²) in [6, 6.07) is 9.09. The number of alkyl halides is 3. The van der Waals surface area contributed by atoms with E-state index >= 15 is 0 Å². The summed E-state index contributed by atoms with van der Waals surface area (Å²) in [7, 11) is -3.24. The van der Waals surface area contributed by atoms with Crippen molar-refractivity contribution in [3.63, 3.8) is 0 Å². The highest BCUT2D eigenvalue weighted by Crippen LogP contribution is 2.31. The molecule has 1 fully saturated rings. The Bertz CT molecular complexity index is 1440. The van der Waals surface area contributed by atoms with Crippen molar-refractivity contribution < 1.29 is 45.5 Å². The smallest absolute Gasteiger partial charge is 0.416 e. The van der Waals surface area contributed by atoms with Gasteiger partial charge in [0.15, 0.2) is 0 Å². The monoisotopic (exact) mass is 639 g/mol. The third kappa shape index (κ3) is 9.11. The van der Waals surface area contributed by atoms with E-state index in [2.05, 4.69) is 10.1 Å². The van der Waals surface area contributed by atoms with Gasteiger partial charge in [-0.1, -0.05) is 38.1 Å². The van der Waals surface area contributed by atoms with Crippen LogP contribution in [0, 0.1) is 0 Å². The number of hydrogen-bond acceptors (Lipinski definition) is 7. The highest BCUT2D eigenvalue weighted by molar-refractivity contribution is 7.89. The number of amides is 2. The maximum absolute atomic E-state index is 13.6. The first-order valence-corrected chi connectivity index (χ1v) is 15.5. The van der Waals surface area contributed by atoms with Gasteiger partial charge in [0.2, 0.25) is 21.8 Å². The number of nitrogens with one attached hydrogen (secondary N) is 1. The molecule has 0 saturated carbocycles. The summed E-state index contributed by atoms with van der Waals surface area (Å²) in [5, 5.41) is 2.71.